The summed E-state index contributed by atoms with van der Waals surface area (Å²) in [6.45, 7) is 8.47. The fourth-order valence-electron chi connectivity index (χ4n) is 2.78. The summed E-state index contributed by atoms with van der Waals surface area (Å²) < 4.78 is 0. The molecule has 2 aromatic rings. The first-order valence-corrected chi connectivity index (χ1v) is 7.94. The van der Waals surface area contributed by atoms with Gasteiger partial charge < -0.3 is 10.2 Å². The van der Waals surface area contributed by atoms with Gasteiger partial charge in [0.05, 0.1) is 6.04 Å². The Kier molecular flexibility index (Phi) is 5.62. The number of aromatic amines is 1. The van der Waals surface area contributed by atoms with E-state index in [1.54, 1.807) is 6.20 Å². The average molecular weight is 350 g/mol. The molecule has 0 bridgehead atoms. The molecular weight excluding hydrogens is 326 g/mol. The molecule has 3 heterocycles. The third-order valence-electron chi connectivity index (χ3n) is 4.18. The Labute approximate surface area is 148 Å². The van der Waals surface area contributed by atoms with Crippen molar-refractivity contribution < 1.29 is 4.79 Å². The van der Waals surface area contributed by atoms with Gasteiger partial charge in [-0.15, -0.1) is 12.4 Å². The molecule has 6 nitrogen and oxygen atoms in total. The highest BCUT2D eigenvalue weighted by Crippen LogP contribution is 2.25. The van der Waals surface area contributed by atoms with Gasteiger partial charge in [0.15, 0.2) is 0 Å². The van der Waals surface area contributed by atoms with Gasteiger partial charge in [-0.05, 0) is 17.7 Å². The average Bonchev–Trinajstić information content (AvgIpc) is 3.05. The van der Waals surface area contributed by atoms with Crippen LogP contribution in [0, 0.1) is 0 Å². The lowest BCUT2D eigenvalue weighted by molar-refractivity contribution is 0.0628. The van der Waals surface area contributed by atoms with E-state index in [-0.39, 0.29) is 29.8 Å². The van der Waals surface area contributed by atoms with Gasteiger partial charge in [0, 0.05) is 43.1 Å². The van der Waals surface area contributed by atoms with E-state index >= 15 is 0 Å². The van der Waals surface area contributed by atoms with Crippen molar-refractivity contribution in [2.24, 2.45) is 0 Å². The van der Waals surface area contributed by atoms with E-state index in [0.29, 0.717) is 12.2 Å². The molecule has 0 aromatic carbocycles. The third kappa shape index (κ3) is 3.76. The molecule has 130 valence electrons. The van der Waals surface area contributed by atoms with Crippen molar-refractivity contribution in [1.82, 2.24) is 25.4 Å². The maximum atomic E-state index is 12.9. The second kappa shape index (κ2) is 7.32. The van der Waals surface area contributed by atoms with Crippen LogP contribution >= 0.6 is 12.4 Å². The molecule has 1 atom stereocenters. The standard InChI is InChI=1S/C17H23N5O.ClH/c1-17(2,3)15-9-13(20-21-15)16(23)22-8-7-19-11-14(22)12-5-4-6-18-10-12;/h4-6,9-10,14,19H,7-8,11H2,1-3H3,(H,20,21);1H. The summed E-state index contributed by atoms with van der Waals surface area (Å²) in [4.78, 5) is 19.0. The quantitative estimate of drug-likeness (QED) is 0.872. The number of carbonyl (C=O) groups is 1. The molecular formula is C17H24ClN5O. The number of aromatic nitrogens is 3. The molecule has 0 spiro atoms. The van der Waals surface area contributed by atoms with Crippen molar-refractivity contribution in [3.8, 4) is 0 Å². The number of carbonyl (C=O) groups excluding carboxylic acids is 1. The van der Waals surface area contributed by atoms with Crippen molar-refractivity contribution in [2.75, 3.05) is 19.6 Å². The second-order valence-electron chi connectivity index (χ2n) is 6.92. The van der Waals surface area contributed by atoms with Crippen molar-refractivity contribution in [2.45, 2.75) is 32.2 Å². The van der Waals surface area contributed by atoms with E-state index in [9.17, 15) is 4.79 Å². The summed E-state index contributed by atoms with van der Waals surface area (Å²) in [5.41, 5.74) is 2.43. The fourth-order valence-corrected chi connectivity index (χ4v) is 2.78. The van der Waals surface area contributed by atoms with E-state index in [0.717, 1.165) is 24.3 Å². The molecule has 1 saturated heterocycles. The van der Waals surface area contributed by atoms with Gasteiger partial charge in [0.2, 0.25) is 0 Å². The van der Waals surface area contributed by atoms with Gasteiger partial charge in [-0.1, -0.05) is 26.8 Å². The summed E-state index contributed by atoms with van der Waals surface area (Å²) in [7, 11) is 0. The molecule has 24 heavy (non-hydrogen) atoms. The minimum absolute atomic E-state index is 0. The van der Waals surface area contributed by atoms with Crippen LogP contribution in [0.2, 0.25) is 0 Å². The van der Waals surface area contributed by atoms with Crippen LogP contribution < -0.4 is 5.32 Å². The van der Waals surface area contributed by atoms with Crippen LogP contribution in [0.25, 0.3) is 0 Å². The molecule has 1 unspecified atom stereocenters. The Morgan fingerprint density at radius 3 is 2.79 bits per heavy atom. The van der Waals surface area contributed by atoms with Gasteiger partial charge in [-0.25, -0.2) is 0 Å². The Morgan fingerprint density at radius 1 is 1.38 bits per heavy atom. The highest BCUT2D eigenvalue weighted by molar-refractivity contribution is 5.92. The molecule has 2 N–H and O–H groups in total. The van der Waals surface area contributed by atoms with E-state index in [4.69, 9.17) is 0 Å². The summed E-state index contributed by atoms with van der Waals surface area (Å²) in [6.07, 6.45) is 3.57. The van der Waals surface area contributed by atoms with Crippen LogP contribution in [0.15, 0.2) is 30.6 Å². The van der Waals surface area contributed by atoms with Crippen LogP contribution in [0.5, 0.6) is 0 Å². The van der Waals surface area contributed by atoms with Crippen LogP contribution in [0.4, 0.5) is 0 Å². The summed E-state index contributed by atoms with van der Waals surface area (Å²) in [5, 5.41) is 10.6. The van der Waals surface area contributed by atoms with Crippen molar-refractivity contribution in [3.63, 3.8) is 0 Å². The van der Waals surface area contributed by atoms with Crippen LogP contribution in [0.3, 0.4) is 0 Å². The molecule has 3 rings (SSSR count). The SMILES string of the molecule is CC(C)(C)c1cc(C(=O)N2CCNCC2c2cccnc2)n[nH]1.Cl. The number of nitrogens with zero attached hydrogens (tertiary/aromatic N) is 3. The number of nitrogens with one attached hydrogen (secondary N) is 2. The van der Waals surface area contributed by atoms with E-state index in [2.05, 4.69) is 41.3 Å². The van der Waals surface area contributed by atoms with Crippen LogP contribution in [-0.4, -0.2) is 45.6 Å². The Morgan fingerprint density at radius 2 is 2.17 bits per heavy atom. The Hall–Kier alpha value is -1.92. The summed E-state index contributed by atoms with van der Waals surface area (Å²) in [5.74, 6) is -0.0351. The minimum Gasteiger partial charge on any atom is -0.328 e. The van der Waals surface area contributed by atoms with Gasteiger partial charge in [0.25, 0.3) is 5.91 Å². The van der Waals surface area contributed by atoms with Crippen LogP contribution in [-0.2, 0) is 5.41 Å². The highest BCUT2D eigenvalue weighted by atomic mass is 35.5. The topological polar surface area (TPSA) is 73.9 Å². The van der Waals surface area contributed by atoms with Gasteiger partial charge >= 0.3 is 0 Å². The maximum Gasteiger partial charge on any atom is 0.274 e. The number of piperazine rings is 1. The zero-order valence-electron chi connectivity index (χ0n) is 14.2. The first-order chi connectivity index (χ1) is 11.0. The molecule has 0 radical (unpaired) electrons. The molecule has 1 amide bonds. The van der Waals surface area contributed by atoms with Crippen molar-refractivity contribution in [1.29, 1.82) is 0 Å². The predicted octanol–water partition coefficient (Wildman–Crippen LogP) is 2.31. The molecule has 1 fully saturated rings. The number of hydrogen-bond acceptors (Lipinski definition) is 4. The highest BCUT2D eigenvalue weighted by Gasteiger charge is 2.30. The molecule has 1 aliphatic rings. The lowest BCUT2D eigenvalue weighted by Gasteiger charge is -2.36. The largest absolute Gasteiger partial charge is 0.328 e. The maximum absolute atomic E-state index is 12.9. The normalized spacial score (nSPS) is 18.1. The number of halogens is 1. The number of amides is 1. The third-order valence-corrected chi connectivity index (χ3v) is 4.18. The van der Waals surface area contributed by atoms with Crippen LogP contribution in [0.1, 0.15) is 48.6 Å². The van der Waals surface area contributed by atoms with Crippen molar-refractivity contribution >= 4 is 18.3 Å². The summed E-state index contributed by atoms with van der Waals surface area (Å²) >= 11 is 0. The van der Waals surface area contributed by atoms with Gasteiger partial charge in [-0.2, -0.15) is 5.10 Å². The lowest BCUT2D eigenvalue weighted by atomic mass is 9.92. The molecule has 7 heteroatoms. The minimum atomic E-state index is -0.0578. The fraction of sp³-hybridized carbons (Fsp3) is 0.471. The predicted molar refractivity (Wildman–Crippen MR) is 95.4 cm³/mol. The van der Waals surface area contributed by atoms with E-state index in [1.165, 1.54) is 0 Å². The number of pyridine rings is 1. The smallest absolute Gasteiger partial charge is 0.274 e. The Bertz CT molecular complexity index is 680. The number of hydrogen-bond donors (Lipinski definition) is 2. The first-order valence-electron chi connectivity index (χ1n) is 7.94. The van der Waals surface area contributed by atoms with E-state index in [1.807, 2.05) is 29.3 Å². The monoisotopic (exact) mass is 349 g/mol. The van der Waals surface area contributed by atoms with E-state index < -0.39 is 0 Å². The van der Waals surface area contributed by atoms with Crippen molar-refractivity contribution in [3.05, 3.63) is 47.5 Å². The second-order valence-corrected chi connectivity index (χ2v) is 6.92. The zero-order valence-corrected chi connectivity index (χ0v) is 15.1. The molecule has 0 saturated carbocycles. The number of H-pyrrole nitrogens is 1. The summed E-state index contributed by atoms with van der Waals surface area (Å²) in [6, 6.07) is 5.76. The molecule has 2 aromatic heterocycles. The first kappa shape index (κ1) is 18.4. The number of rotatable bonds is 2. The van der Waals surface area contributed by atoms with Gasteiger partial charge in [-0.3, -0.25) is 14.9 Å². The van der Waals surface area contributed by atoms with Gasteiger partial charge in [0.1, 0.15) is 5.69 Å². The Balaban J connectivity index is 0.00000208. The lowest BCUT2D eigenvalue weighted by Crippen LogP contribution is -2.48. The zero-order chi connectivity index (χ0) is 16.4. The molecule has 1 aliphatic heterocycles. The molecule has 0 aliphatic carbocycles.